The number of H-pyrrole nitrogens is 1. The molecule has 0 aliphatic heterocycles. The molecule has 178 valence electrons. The number of pyridine rings is 1. The number of hydrogen-bond acceptors (Lipinski definition) is 7. The van der Waals surface area contributed by atoms with Crippen molar-refractivity contribution < 1.29 is 23.1 Å². The molecule has 0 aliphatic carbocycles. The first-order valence-electron chi connectivity index (χ1n) is 10.5. The number of nitrogens with zero attached hydrogens (tertiary/aromatic N) is 2. The molecule has 2 aromatic heterocycles. The summed E-state index contributed by atoms with van der Waals surface area (Å²) in [5, 5.41) is 13.7. The van der Waals surface area contributed by atoms with Crippen LogP contribution >= 0.6 is 0 Å². The van der Waals surface area contributed by atoms with Gasteiger partial charge in [-0.3, -0.25) is 14.6 Å². The topological polar surface area (TPSA) is 154 Å². The molecule has 35 heavy (non-hydrogen) atoms. The molecule has 1 atom stereocenters. The minimum atomic E-state index is -4.09. The summed E-state index contributed by atoms with van der Waals surface area (Å²) in [5.74, 6) is -1.12. The highest BCUT2D eigenvalue weighted by atomic mass is 32.2. The van der Waals surface area contributed by atoms with Crippen molar-refractivity contribution in [1.82, 2.24) is 15.0 Å². The Hall–Kier alpha value is -4.51. The largest absolute Gasteiger partial charge is 0.481 e. The van der Waals surface area contributed by atoms with E-state index in [9.17, 15) is 23.1 Å². The number of aromatic amines is 1. The van der Waals surface area contributed by atoms with Crippen LogP contribution in [0.3, 0.4) is 0 Å². The molecule has 2 heterocycles. The molecule has 0 saturated heterocycles. The van der Waals surface area contributed by atoms with Crippen molar-refractivity contribution in [2.45, 2.75) is 16.6 Å². The molecule has 4 rings (SSSR count). The average Bonchev–Trinajstić information content (AvgIpc) is 3.36. The van der Waals surface area contributed by atoms with E-state index in [4.69, 9.17) is 0 Å². The lowest BCUT2D eigenvalue weighted by Gasteiger charge is -2.17. The number of anilines is 3. The predicted octanol–water partition coefficient (Wildman–Crippen LogP) is 3.79. The number of aromatic nitrogens is 3. The molecular formula is C24H21N5O5S. The second-order valence-corrected chi connectivity index (χ2v) is 9.67. The van der Waals surface area contributed by atoms with Crippen LogP contribution in [0, 0.1) is 0 Å². The maximum Gasteiger partial charge on any atom is 0.305 e. The van der Waals surface area contributed by atoms with Gasteiger partial charge in [0, 0.05) is 41.7 Å². The Morgan fingerprint density at radius 3 is 2.46 bits per heavy atom. The highest BCUT2D eigenvalue weighted by Gasteiger charge is 2.31. The van der Waals surface area contributed by atoms with E-state index >= 15 is 0 Å². The lowest BCUT2D eigenvalue weighted by molar-refractivity contribution is -0.137. The normalized spacial score (nSPS) is 12.0. The van der Waals surface area contributed by atoms with Crippen LogP contribution < -0.4 is 10.6 Å². The summed E-state index contributed by atoms with van der Waals surface area (Å²) in [4.78, 5) is 34.9. The molecule has 0 fully saturated rings. The van der Waals surface area contributed by atoms with Gasteiger partial charge in [0.05, 0.1) is 11.3 Å². The molecule has 0 saturated carbocycles. The number of hydrogen-bond donors (Lipinski definition) is 4. The van der Waals surface area contributed by atoms with Gasteiger partial charge in [-0.05, 0) is 54.1 Å². The van der Waals surface area contributed by atoms with E-state index in [2.05, 4.69) is 25.6 Å². The van der Waals surface area contributed by atoms with Crippen molar-refractivity contribution in [3.05, 3.63) is 96.6 Å². The molecule has 10 nitrogen and oxygen atoms in total. The summed E-state index contributed by atoms with van der Waals surface area (Å²) in [6, 6.07) is 15.4. The van der Waals surface area contributed by atoms with E-state index in [0.29, 0.717) is 11.5 Å². The second kappa shape index (κ2) is 10.2. The van der Waals surface area contributed by atoms with Crippen LogP contribution in [-0.2, 0) is 14.6 Å². The molecule has 0 bridgehead atoms. The van der Waals surface area contributed by atoms with Crippen molar-refractivity contribution in [3.8, 4) is 0 Å². The molecule has 11 heteroatoms. The minimum Gasteiger partial charge on any atom is -0.481 e. The van der Waals surface area contributed by atoms with E-state index in [1.54, 1.807) is 48.8 Å². The average molecular weight is 492 g/mol. The van der Waals surface area contributed by atoms with Gasteiger partial charge in [0.15, 0.2) is 9.84 Å². The van der Waals surface area contributed by atoms with Crippen LogP contribution in [0.25, 0.3) is 0 Å². The quantitative estimate of drug-likeness (QED) is 0.276. The molecule has 0 spiro atoms. The number of aliphatic carboxylic acids is 1. The molecular weight excluding hydrogens is 470 g/mol. The maximum atomic E-state index is 13.3. The fourth-order valence-corrected chi connectivity index (χ4v) is 5.17. The lowest BCUT2D eigenvalue weighted by Crippen LogP contribution is -2.18. The third-order valence-electron chi connectivity index (χ3n) is 5.12. The van der Waals surface area contributed by atoms with E-state index in [0.717, 1.165) is 5.69 Å². The van der Waals surface area contributed by atoms with Gasteiger partial charge in [0.25, 0.3) is 5.91 Å². The summed E-state index contributed by atoms with van der Waals surface area (Å²) in [7, 11) is -4.09. The van der Waals surface area contributed by atoms with E-state index < -0.39 is 33.4 Å². The van der Waals surface area contributed by atoms with E-state index in [-0.39, 0.29) is 16.1 Å². The number of carboxylic acid groups (broad SMARTS) is 1. The van der Waals surface area contributed by atoms with Crippen LogP contribution in [0.15, 0.2) is 90.3 Å². The number of carboxylic acids is 1. The minimum absolute atomic E-state index is 0.108. The fraction of sp³-hybridized carbons (Fsp3) is 0.0833. The van der Waals surface area contributed by atoms with E-state index in [1.807, 2.05) is 0 Å². The van der Waals surface area contributed by atoms with Gasteiger partial charge in [-0.25, -0.2) is 13.4 Å². The smallest absolute Gasteiger partial charge is 0.305 e. The number of sulfone groups is 1. The van der Waals surface area contributed by atoms with Gasteiger partial charge in [0.2, 0.25) is 5.95 Å². The molecule has 1 unspecified atom stereocenters. The zero-order valence-electron chi connectivity index (χ0n) is 18.3. The highest BCUT2D eigenvalue weighted by molar-refractivity contribution is 7.91. The van der Waals surface area contributed by atoms with Crippen LogP contribution in [0.4, 0.5) is 17.3 Å². The Balaban J connectivity index is 1.53. The summed E-state index contributed by atoms with van der Waals surface area (Å²) < 4.78 is 26.7. The molecule has 0 radical (unpaired) electrons. The molecule has 1 amide bonds. The Morgan fingerprint density at radius 1 is 1.00 bits per heavy atom. The number of amides is 1. The third kappa shape index (κ3) is 5.71. The van der Waals surface area contributed by atoms with Gasteiger partial charge >= 0.3 is 5.97 Å². The second-order valence-electron chi connectivity index (χ2n) is 7.54. The van der Waals surface area contributed by atoms with Crippen LogP contribution in [0.1, 0.15) is 27.6 Å². The maximum absolute atomic E-state index is 13.3. The van der Waals surface area contributed by atoms with Crippen LogP contribution in [0.5, 0.6) is 0 Å². The van der Waals surface area contributed by atoms with Gasteiger partial charge in [0.1, 0.15) is 5.25 Å². The number of carbonyl (C=O) groups excluding carboxylic acids is 1. The summed E-state index contributed by atoms with van der Waals surface area (Å²) in [6.07, 6.45) is 5.48. The summed E-state index contributed by atoms with van der Waals surface area (Å²) in [5.41, 5.74) is 1.62. The number of carbonyl (C=O) groups is 2. The SMILES string of the molecule is O=C(O)CC(c1cccnc1)S(=O)(=O)c1cccc(NC(=O)c2ccc(Nc3ncc[nH]3)cc2)c1. The van der Waals surface area contributed by atoms with Gasteiger partial charge in [-0.15, -0.1) is 0 Å². The number of rotatable bonds is 9. The van der Waals surface area contributed by atoms with Gasteiger partial charge < -0.3 is 20.7 Å². The standard InChI is InChI=1S/C24H21N5O5S/c30-22(31)14-21(17-3-2-10-25-15-17)35(33,34)20-5-1-4-19(13-20)28-23(32)16-6-8-18(9-7-16)29-24-26-11-12-27-24/h1-13,15,21H,14H2,(H,28,32)(H,30,31)(H2,26,27,29). The molecule has 2 aromatic carbocycles. The predicted molar refractivity (Wildman–Crippen MR) is 129 cm³/mol. The van der Waals surface area contributed by atoms with Crippen molar-refractivity contribution in [1.29, 1.82) is 0 Å². The zero-order chi connectivity index (χ0) is 24.8. The van der Waals surface area contributed by atoms with E-state index in [1.165, 1.54) is 36.7 Å². The van der Waals surface area contributed by atoms with Gasteiger partial charge in [-0.2, -0.15) is 0 Å². The van der Waals surface area contributed by atoms with Crippen molar-refractivity contribution >= 4 is 39.0 Å². The Bertz CT molecular complexity index is 1420. The first-order valence-corrected chi connectivity index (χ1v) is 12.0. The fourth-order valence-electron chi connectivity index (χ4n) is 3.43. The summed E-state index contributed by atoms with van der Waals surface area (Å²) in [6.45, 7) is 0. The molecule has 4 N–H and O–H groups in total. The summed E-state index contributed by atoms with van der Waals surface area (Å²) >= 11 is 0. The number of benzene rings is 2. The number of nitrogens with one attached hydrogen (secondary N) is 3. The van der Waals surface area contributed by atoms with Crippen molar-refractivity contribution in [2.24, 2.45) is 0 Å². The molecule has 0 aliphatic rings. The highest BCUT2D eigenvalue weighted by Crippen LogP contribution is 2.32. The van der Waals surface area contributed by atoms with Crippen LogP contribution in [0.2, 0.25) is 0 Å². The Labute approximate surface area is 201 Å². The number of imidazole rings is 1. The lowest BCUT2D eigenvalue weighted by atomic mass is 10.1. The first kappa shape index (κ1) is 23.6. The zero-order valence-corrected chi connectivity index (χ0v) is 19.1. The van der Waals surface area contributed by atoms with Gasteiger partial charge in [-0.1, -0.05) is 12.1 Å². The first-order chi connectivity index (χ1) is 16.8. The Morgan fingerprint density at radius 2 is 1.80 bits per heavy atom. The van der Waals surface area contributed by atoms with Crippen molar-refractivity contribution in [2.75, 3.05) is 10.6 Å². The van der Waals surface area contributed by atoms with Crippen LogP contribution in [-0.4, -0.2) is 40.4 Å². The monoisotopic (exact) mass is 491 g/mol. The third-order valence-corrected chi connectivity index (χ3v) is 7.22. The van der Waals surface area contributed by atoms with Crippen molar-refractivity contribution in [3.63, 3.8) is 0 Å². The Kier molecular flexibility index (Phi) is 6.88. The molecule has 4 aromatic rings.